The lowest BCUT2D eigenvalue weighted by Crippen LogP contribution is -2.43. The molecule has 0 bridgehead atoms. The van der Waals surface area contributed by atoms with Crippen LogP contribution < -0.4 is 31.1 Å². The lowest BCUT2D eigenvalue weighted by Gasteiger charge is -2.30. The topological polar surface area (TPSA) is 188 Å². The van der Waals surface area contributed by atoms with Crippen LogP contribution in [0.15, 0.2) is 43.1 Å². The minimum Gasteiger partial charge on any atom is -0.394 e. The van der Waals surface area contributed by atoms with E-state index in [1.807, 2.05) is 40.8 Å². The second kappa shape index (κ2) is 16.5. The van der Waals surface area contributed by atoms with Crippen LogP contribution >= 0.6 is 0 Å². The molecule has 6 aromatic heterocycles. The zero-order valence-corrected chi connectivity index (χ0v) is 33.7. The fraction of sp³-hybridized carbons (Fsp3) is 0.500. The van der Waals surface area contributed by atoms with E-state index >= 15 is 0 Å². The van der Waals surface area contributed by atoms with Crippen LogP contribution in [-0.2, 0) is 6.42 Å². The zero-order valence-electron chi connectivity index (χ0n) is 33.7. The van der Waals surface area contributed by atoms with Gasteiger partial charge in [0.2, 0.25) is 5.95 Å². The number of anilines is 5. The van der Waals surface area contributed by atoms with Crippen LogP contribution in [0.3, 0.4) is 0 Å². The van der Waals surface area contributed by atoms with E-state index in [4.69, 9.17) is 34.9 Å². The Balaban J connectivity index is 1.09. The highest BCUT2D eigenvalue weighted by atomic mass is 16.3. The highest BCUT2D eigenvalue weighted by Gasteiger charge is 2.25. The number of aliphatic hydroxyl groups is 1. The van der Waals surface area contributed by atoms with Gasteiger partial charge in [0.05, 0.1) is 65.7 Å². The zero-order chi connectivity index (χ0) is 39.6. The van der Waals surface area contributed by atoms with Crippen molar-refractivity contribution in [1.29, 1.82) is 0 Å². The van der Waals surface area contributed by atoms with Crippen LogP contribution in [0.1, 0.15) is 58.1 Å². The van der Waals surface area contributed by atoms with Crippen LogP contribution in [0.4, 0.5) is 29.0 Å². The van der Waals surface area contributed by atoms with Crippen molar-refractivity contribution in [2.45, 2.75) is 66.1 Å². The maximum atomic E-state index is 10.9. The Kier molecular flexibility index (Phi) is 11.1. The van der Waals surface area contributed by atoms with Crippen LogP contribution in [0.25, 0.3) is 33.6 Å². The minimum atomic E-state index is -0.405. The lowest BCUT2D eigenvalue weighted by atomic mass is 9.94. The predicted molar refractivity (Wildman–Crippen MR) is 224 cm³/mol. The summed E-state index contributed by atoms with van der Waals surface area (Å²) < 4.78 is 3.96. The van der Waals surface area contributed by atoms with E-state index in [0.717, 1.165) is 91.7 Å². The van der Waals surface area contributed by atoms with Crippen molar-refractivity contribution >= 4 is 51.2 Å². The number of aromatic nitrogens is 10. The molecule has 8 rings (SSSR count). The fourth-order valence-electron chi connectivity index (χ4n) is 7.62. The van der Waals surface area contributed by atoms with Crippen molar-refractivity contribution in [3.63, 3.8) is 0 Å². The average molecular weight is 775 g/mol. The summed E-state index contributed by atoms with van der Waals surface area (Å²) in [5, 5.41) is 30.1. The van der Waals surface area contributed by atoms with Gasteiger partial charge in [0.25, 0.3) is 0 Å². The number of piperazine rings is 2. The molecule has 300 valence electrons. The van der Waals surface area contributed by atoms with E-state index in [2.05, 4.69) is 82.9 Å². The molecule has 8 heterocycles. The molecule has 17 heteroatoms. The predicted octanol–water partition coefficient (Wildman–Crippen LogP) is 4.11. The molecule has 2 unspecified atom stereocenters. The van der Waals surface area contributed by atoms with Crippen LogP contribution in [0, 0.1) is 12.8 Å². The summed E-state index contributed by atoms with van der Waals surface area (Å²) in [6.45, 7) is 19.8. The monoisotopic (exact) mass is 774 g/mol. The van der Waals surface area contributed by atoms with Crippen LogP contribution in [-0.4, -0.2) is 119 Å². The number of nitrogens with zero attached hydrogens (tertiary/aromatic N) is 12. The third-order valence-corrected chi connectivity index (χ3v) is 11.0. The van der Waals surface area contributed by atoms with E-state index in [-0.39, 0.29) is 24.6 Å². The maximum absolute atomic E-state index is 10.9. The van der Waals surface area contributed by atoms with Crippen LogP contribution in [0.2, 0.25) is 0 Å². The normalized spacial score (nSPS) is 16.2. The van der Waals surface area contributed by atoms with Crippen molar-refractivity contribution in [3.05, 3.63) is 54.5 Å². The van der Waals surface area contributed by atoms with Gasteiger partial charge in [-0.3, -0.25) is 4.98 Å². The van der Waals surface area contributed by atoms with Gasteiger partial charge in [-0.25, -0.2) is 24.6 Å². The molecule has 57 heavy (non-hydrogen) atoms. The van der Waals surface area contributed by atoms with E-state index in [9.17, 15) is 5.11 Å². The Morgan fingerprint density at radius 1 is 0.789 bits per heavy atom. The molecule has 0 aromatic carbocycles. The van der Waals surface area contributed by atoms with Crippen molar-refractivity contribution in [2.24, 2.45) is 5.92 Å². The smallest absolute Gasteiger partial charge is 0.227 e. The number of nitrogens with one attached hydrogen (secondary N) is 4. The molecule has 0 amide bonds. The van der Waals surface area contributed by atoms with Crippen LogP contribution in [0.5, 0.6) is 0 Å². The van der Waals surface area contributed by atoms with E-state index in [0.29, 0.717) is 41.0 Å². The lowest BCUT2D eigenvalue weighted by molar-refractivity contribution is 0.242. The second-order valence-corrected chi connectivity index (χ2v) is 15.7. The van der Waals surface area contributed by atoms with Gasteiger partial charge >= 0.3 is 0 Å². The Labute approximate surface area is 332 Å². The number of rotatable bonds is 13. The molecule has 5 N–H and O–H groups in total. The van der Waals surface area contributed by atoms with E-state index in [1.54, 1.807) is 6.33 Å². The number of aryl methyl sites for hydroxylation is 1. The summed E-state index contributed by atoms with van der Waals surface area (Å²) in [6.07, 6.45) is 8.02. The summed E-state index contributed by atoms with van der Waals surface area (Å²) in [5.41, 5.74) is 6.84. The molecule has 2 fully saturated rings. The van der Waals surface area contributed by atoms with Crippen molar-refractivity contribution in [2.75, 3.05) is 79.4 Å². The van der Waals surface area contributed by atoms with Gasteiger partial charge in [0.1, 0.15) is 5.82 Å². The molecular weight excluding hydrogens is 721 g/mol. The Morgan fingerprint density at radius 2 is 1.51 bits per heavy atom. The number of pyridine rings is 2. The number of hydrogen-bond donors (Lipinski definition) is 5. The molecule has 0 aliphatic carbocycles. The van der Waals surface area contributed by atoms with Crippen molar-refractivity contribution in [1.82, 2.24) is 59.9 Å². The van der Waals surface area contributed by atoms with E-state index < -0.39 is 6.04 Å². The quantitative estimate of drug-likeness (QED) is 0.113. The Hall–Kier alpha value is -5.52. The first-order valence-corrected chi connectivity index (χ1v) is 20.1. The van der Waals surface area contributed by atoms with E-state index in [1.165, 1.54) is 0 Å². The van der Waals surface area contributed by atoms with Gasteiger partial charge in [0.15, 0.2) is 28.5 Å². The second-order valence-electron chi connectivity index (χ2n) is 15.7. The largest absolute Gasteiger partial charge is 0.394 e. The number of imidazole rings is 1. The molecule has 0 saturated carbocycles. The average Bonchev–Trinajstić information content (AvgIpc) is 3.87. The highest BCUT2D eigenvalue weighted by molar-refractivity contribution is 5.86. The van der Waals surface area contributed by atoms with Gasteiger partial charge < -0.3 is 40.7 Å². The Morgan fingerprint density at radius 3 is 2.18 bits per heavy atom. The summed E-state index contributed by atoms with van der Waals surface area (Å²) >= 11 is 0. The number of fused-ring (bicyclic) bond motifs is 2. The summed E-state index contributed by atoms with van der Waals surface area (Å²) in [4.78, 5) is 39.1. The first-order chi connectivity index (χ1) is 27.7. The number of hydrogen-bond acceptors (Lipinski definition) is 15. The third kappa shape index (κ3) is 8.04. The van der Waals surface area contributed by atoms with Gasteiger partial charge in [0, 0.05) is 70.0 Å². The molecule has 0 spiro atoms. The highest BCUT2D eigenvalue weighted by Crippen LogP contribution is 2.31. The van der Waals surface area contributed by atoms with Crippen molar-refractivity contribution < 1.29 is 5.11 Å². The summed E-state index contributed by atoms with van der Waals surface area (Å²) in [7, 11) is 0. The standard InChI is InChI=1S/C40H54N16O/c1-24(2)55-23-45-35-37(49-34-8-7-28(19-44-34)53-13-9-41-10-14-53)51-40(52-39(35)55)48-33(22-57)26(5)17-32-30(18-29(20-43-32)54-15-11-42-12-16-54)36-47-27(6)31-21-46-56(25(3)4)38(31)50-36/h7-8,18-21,23-26,33,41-42,57H,9-17,22H2,1-6H3,(H2,44,48,49,51,52). The first-order valence-electron chi connectivity index (χ1n) is 20.1. The summed E-state index contributed by atoms with van der Waals surface area (Å²) in [6, 6.07) is 6.07. The molecule has 17 nitrogen and oxygen atoms in total. The van der Waals surface area contributed by atoms with Gasteiger partial charge in [-0.2, -0.15) is 15.1 Å². The van der Waals surface area contributed by atoms with Gasteiger partial charge in [-0.1, -0.05) is 6.92 Å². The minimum absolute atomic E-state index is 0.0952. The first kappa shape index (κ1) is 38.4. The van der Waals surface area contributed by atoms with Crippen molar-refractivity contribution in [3.8, 4) is 11.4 Å². The molecule has 0 radical (unpaired) electrons. The SMILES string of the molecule is Cc1nc(-c2cc(N3CCNCC3)cnc2CC(C)C(CO)Nc2nc(Nc3ccc(N4CCNCC4)cn3)c3ncn(C(C)C)c3n2)nc2c1cnn2C(C)C. The molecule has 2 aliphatic rings. The Bertz CT molecular complexity index is 2310. The molecule has 2 atom stereocenters. The number of aliphatic hydroxyl groups excluding tert-OH is 1. The summed E-state index contributed by atoms with van der Waals surface area (Å²) in [5.74, 6) is 2.08. The van der Waals surface area contributed by atoms with Gasteiger partial charge in [-0.15, -0.1) is 0 Å². The maximum Gasteiger partial charge on any atom is 0.227 e. The molecular formula is C40H54N16O. The molecule has 6 aromatic rings. The van der Waals surface area contributed by atoms with Gasteiger partial charge in [-0.05, 0) is 65.2 Å². The molecule has 2 saturated heterocycles. The third-order valence-electron chi connectivity index (χ3n) is 11.0. The molecule has 2 aliphatic heterocycles. The fourth-order valence-corrected chi connectivity index (χ4v) is 7.62.